The molecule has 1 atom stereocenters. The maximum atomic E-state index is 4.26. The summed E-state index contributed by atoms with van der Waals surface area (Å²) in [4.78, 5) is 4.26. The lowest BCUT2D eigenvalue weighted by atomic mass is 10.1. The van der Waals surface area contributed by atoms with E-state index in [1.807, 2.05) is 18.3 Å². The van der Waals surface area contributed by atoms with Crippen molar-refractivity contribution in [2.45, 2.75) is 13.0 Å². The SMILES string of the molecule is Cl.c1ccc(CNCC2CCNC2)nc1. The number of pyridine rings is 1. The first-order valence-corrected chi connectivity index (χ1v) is 5.26. The number of rotatable bonds is 4. The normalized spacial score (nSPS) is 19.9. The molecule has 1 saturated heterocycles. The summed E-state index contributed by atoms with van der Waals surface area (Å²) in [6, 6.07) is 6.03. The van der Waals surface area contributed by atoms with Gasteiger partial charge in [0.1, 0.15) is 0 Å². The van der Waals surface area contributed by atoms with Crippen LogP contribution < -0.4 is 10.6 Å². The molecule has 4 heteroatoms. The van der Waals surface area contributed by atoms with Gasteiger partial charge >= 0.3 is 0 Å². The molecule has 0 aromatic carbocycles. The summed E-state index contributed by atoms with van der Waals surface area (Å²) in [5, 5.41) is 6.81. The molecule has 1 aromatic rings. The van der Waals surface area contributed by atoms with E-state index < -0.39 is 0 Å². The van der Waals surface area contributed by atoms with E-state index >= 15 is 0 Å². The Morgan fingerprint density at radius 2 is 2.40 bits per heavy atom. The number of aromatic nitrogens is 1. The Morgan fingerprint density at radius 1 is 1.47 bits per heavy atom. The minimum absolute atomic E-state index is 0. The van der Waals surface area contributed by atoms with Gasteiger partial charge in [-0.25, -0.2) is 0 Å². The lowest BCUT2D eigenvalue weighted by Gasteiger charge is -2.09. The van der Waals surface area contributed by atoms with Gasteiger partial charge in [0.2, 0.25) is 0 Å². The molecule has 1 unspecified atom stereocenters. The third-order valence-corrected chi connectivity index (χ3v) is 2.63. The van der Waals surface area contributed by atoms with Crippen molar-refractivity contribution in [3.05, 3.63) is 30.1 Å². The van der Waals surface area contributed by atoms with E-state index in [4.69, 9.17) is 0 Å². The Morgan fingerprint density at radius 3 is 3.07 bits per heavy atom. The summed E-state index contributed by atoms with van der Waals surface area (Å²) in [5.41, 5.74) is 1.12. The zero-order valence-corrected chi connectivity index (χ0v) is 9.59. The van der Waals surface area contributed by atoms with Gasteiger partial charge in [-0.15, -0.1) is 12.4 Å². The second kappa shape index (κ2) is 6.77. The largest absolute Gasteiger partial charge is 0.316 e. The van der Waals surface area contributed by atoms with E-state index in [1.165, 1.54) is 13.0 Å². The van der Waals surface area contributed by atoms with E-state index in [1.54, 1.807) is 0 Å². The van der Waals surface area contributed by atoms with Crippen molar-refractivity contribution in [3.8, 4) is 0 Å². The smallest absolute Gasteiger partial charge is 0.0541 e. The second-order valence-electron chi connectivity index (χ2n) is 3.81. The Hall–Kier alpha value is -0.640. The number of nitrogens with zero attached hydrogens (tertiary/aromatic N) is 1. The molecule has 0 aliphatic carbocycles. The van der Waals surface area contributed by atoms with E-state index in [2.05, 4.69) is 21.7 Å². The molecular formula is C11H18ClN3. The quantitative estimate of drug-likeness (QED) is 0.812. The van der Waals surface area contributed by atoms with Crippen molar-refractivity contribution >= 4 is 12.4 Å². The summed E-state index contributed by atoms with van der Waals surface area (Å²) >= 11 is 0. The van der Waals surface area contributed by atoms with Crippen LogP contribution in [-0.4, -0.2) is 24.6 Å². The fraction of sp³-hybridized carbons (Fsp3) is 0.545. The molecule has 1 aliphatic heterocycles. The van der Waals surface area contributed by atoms with Crippen LogP contribution in [0.1, 0.15) is 12.1 Å². The van der Waals surface area contributed by atoms with Crippen molar-refractivity contribution in [2.24, 2.45) is 5.92 Å². The van der Waals surface area contributed by atoms with E-state index in [0.717, 1.165) is 31.2 Å². The van der Waals surface area contributed by atoms with Gasteiger partial charge < -0.3 is 10.6 Å². The van der Waals surface area contributed by atoms with Crippen LogP contribution in [0.15, 0.2) is 24.4 Å². The van der Waals surface area contributed by atoms with Crippen molar-refractivity contribution in [1.82, 2.24) is 15.6 Å². The second-order valence-corrected chi connectivity index (χ2v) is 3.81. The first-order chi connectivity index (χ1) is 6.95. The number of hydrogen-bond acceptors (Lipinski definition) is 3. The van der Waals surface area contributed by atoms with Gasteiger partial charge in [-0.3, -0.25) is 4.98 Å². The number of halogens is 1. The van der Waals surface area contributed by atoms with E-state index in [9.17, 15) is 0 Å². The van der Waals surface area contributed by atoms with Crippen LogP contribution in [0.5, 0.6) is 0 Å². The minimum atomic E-state index is 0. The highest BCUT2D eigenvalue weighted by Crippen LogP contribution is 2.05. The Labute approximate surface area is 97.1 Å². The predicted octanol–water partition coefficient (Wildman–Crippen LogP) is 1.20. The topological polar surface area (TPSA) is 37.0 Å². The van der Waals surface area contributed by atoms with Crippen LogP contribution in [-0.2, 0) is 6.54 Å². The van der Waals surface area contributed by atoms with E-state index in [0.29, 0.717) is 0 Å². The number of hydrogen-bond donors (Lipinski definition) is 2. The van der Waals surface area contributed by atoms with Crippen molar-refractivity contribution in [1.29, 1.82) is 0 Å². The van der Waals surface area contributed by atoms with Gasteiger partial charge in [0, 0.05) is 12.7 Å². The van der Waals surface area contributed by atoms with Gasteiger partial charge in [0.05, 0.1) is 5.69 Å². The van der Waals surface area contributed by atoms with Gasteiger partial charge in [-0.05, 0) is 44.1 Å². The molecule has 2 heterocycles. The van der Waals surface area contributed by atoms with Crippen LogP contribution in [0.25, 0.3) is 0 Å². The number of nitrogens with one attached hydrogen (secondary N) is 2. The Bertz CT molecular complexity index is 260. The van der Waals surface area contributed by atoms with Crippen LogP contribution in [0.3, 0.4) is 0 Å². The third-order valence-electron chi connectivity index (χ3n) is 2.63. The molecule has 0 spiro atoms. The molecule has 0 saturated carbocycles. The zero-order chi connectivity index (χ0) is 9.64. The molecule has 1 fully saturated rings. The highest BCUT2D eigenvalue weighted by Gasteiger charge is 2.13. The average molecular weight is 228 g/mol. The summed E-state index contributed by atoms with van der Waals surface area (Å²) in [7, 11) is 0. The summed E-state index contributed by atoms with van der Waals surface area (Å²) < 4.78 is 0. The fourth-order valence-electron chi connectivity index (χ4n) is 1.80. The highest BCUT2D eigenvalue weighted by atomic mass is 35.5. The molecule has 84 valence electrons. The van der Waals surface area contributed by atoms with Crippen molar-refractivity contribution < 1.29 is 0 Å². The van der Waals surface area contributed by atoms with Crippen LogP contribution in [0, 0.1) is 5.92 Å². The molecule has 3 nitrogen and oxygen atoms in total. The molecule has 1 aromatic heterocycles. The van der Waals surface area contributed by atoms with Gasteiger partial charge in [0.15, 0.2) is 0 Å². The molecule has 2 N–H and O–H groups in total. The highest BCUT2D eigenvalue weighted by molar-refractivity contribution is 5.85. The molecular weight excluding hydrogens is 210 g/mol. The third kappa shape index (κ3) is 4.16. The first kappa shape index (κ1) is 12.4. The van der Waals surface area contributed by atoms with Crippen LogP contribution in [0.4, 0.5) is 0 Å². The maximum absolute atomic E-state index is 4.26. The monoisotopic (exact) mass is 227 g/mol. The minimum Gasteiger partial charge on any atom is -0.316 e. The van der Waals surface area contributed by atoms with Gasteiger partial charge in [-0.1, -0.05) is 6.07 Å². The molecule has 0 amide bonds. The van der Waals surface area contributed by atoms with Crippen molar-refractivity contribution in [3.63, 3.8) is 0 Å². The zero-order valence-electron chi connectivity index (χ0n) is 8.78. The Kier molecular flexibility index (Phi) is 5.61. The summed E-state index contributed by atoms with van der Waals surface area (Å²) in [5.74, 6) is 0.804. The van der Waals surface area contributed by atoms with Gasteiger partial charge in [0.25, 0.3) is 0 Å². The Balaban J connectivity index is 0.00000112. The molecule has 0 radical (unpaired) electrons. The molecule has 15 heavy (non-hydrogen) atoms. The molecule has 2 rings (SSSR count). The van der Waals surface area contributed by atoms with Crippen LogP contribution >= 0.6 is 12.4 Å². The standard InChI is InChI=1S/C11H17N3.ClH/c1-2-5-14-11(3-1)9-13-8-10-4-6-12-7-10;/h1-3,5,10,12-13H,4,6-9H2;1H. The van der Waals surface area contributed by atoms with E-state index in [-0.39, 0.29) is 12.4 Å². The fourth-order valence-corrected chi connectivity index (χ4v) is 1.80. The maximum Gasteiger partial charge on any atom is 0.0541 e. The average Bonchev–Trinajstić information content (AvgIpc) is 2.72. The van der Waals surface area contributed by atoms with Crippen LogP contribution in [0.2, 0.25) is 0 Å². The lowest BCUT2D eigenvalue weighted by Crippen LogP contribution is -2.24. The molecule has 0 bridgehead atoms. The lowest BCUT2D eigenvalue weighted by molar-refractivity contribution is 0.510. The van der Waals surface area contributed by atoms with Gasteiger partial charge in [-0.2, -0.15) is 0 Å². The first-order valence-electron chi connectivity index (χ1n) is 5.26. The summed E-state index contributed by atoms with van der Waals surface area (Å²) in [6.07, 6.45) is 3.14. The molecule has 1 aliphatic rings. The van der Waals surface area contributed by atoms with Crippen molar-refractivity contribution in [2.75, 3.05) is 19.6 Å². The summed E-state index contributed by atoms with van der Waals surface area (Å²) in [6.45, 7) is 4.33. The predicted molar refractivity (Wildman–Crippen MR) is 64.2 cm³/mol.